The number of anilines is 2. The van der Waals surface area contributed by atoms with Crippen LogP contribution >= 0.6 is 0 Å². The fourth-order valence-electron chi connectivity index (χ4n) is 4.35. The van der Waals surface area contributed by atoms with Gasteiger partial charge in [0.1, 0.15) is 6.10 Å². The zero-order chi connectivity index (χ0) is 24.1. The summed E-state index contributed by atoms with van der Waals surface area (Å²) < 4.78 is 33.3. The van der Waals surface area contributed by atoms with E-state index in [9.17, 15) is 23.5 Å². The number of amides is 2. The lowest BCUT2D eigenvalue weighted by molar-refractivity contribution is -0.143. The number of benzene rings is 1. The first-order valence-electron chi connectivity index (χ1n) is 10.9. The Morgan fingerprint density at radius 3 is 2.55 bits per heavy atom. The standard InChI is InChI=1S/C23H28F2N4O4/c1-14-11-28(21(31)33-18-8-23(24,25)9-18)20-7-16(5-6-19(20)29(14)15(2)30)17-10-26-27(12-17)13-22(3,4)32/h5-7,10,12,14,18,32H,8-9,11,13H2,1-4H3. The van der Waals surface area contributed by atoms with Gasteiger partial charge >= 0.3 is 6.09 Å². The molecule has 8 nitrogen and oxygen atoms in total. The highest BCUT2D eigenvalue weighted by molar-refractivity contribution is 6.03. The van der Waals surface area contributed by atoms with Crippen molar-refractivity contribution in [2.45, 2.75) is 70.8 Å². The summed E-state index contributed by atoms with van der Waals surface area (Å²) in [6.45, 7) is 7.13. The Kier molecular flexibility index (Phi) is 5.68. The summed E-state index contributed by atoms with van der Waals surface area (Å²) in [5.41, 5.74) is 1.59. The van der Waals surface area contributed by atoms with Crippen LogP contribution in [0.2, 0.25) is 0 Å². The number of carbonyl (C=O) groups excluding carboxylic acids is 2. The molecule has 1 unspecified atom stereocenters. The van der Waals surface area contributed by atoms with Gasteiger partial charge in [-0.2, -0.15) is 5.10 Å². The highest BCUT2D eigenvalue weighted by Crippen LogP contribution is 2.42. The van der Waals surface area contributed by atoms with Gasteiger partial charge in [0.25, 0.3) is 5.92 Å². The van der Waals surface area contributed by atoms with Crippen molar-refractivity contribution in [3.05, 3.63) is 30.6 Å². The highest BCUT2D eigenvalue weighted by atomic mass is 19.3. The van der Waals surface area contributed by atoms with E-state index in [1.165, 1.54) is 11.8 Å². The molecule has 33 heavy (non-hydrogen) atoms. The summed E-state index contributed by atoms with van der Waals surface area (Å²) in [6, 6.07) is 5.03. The molecule has 2 aromatic rings. The molecule has 0 bridgehead atoms. The molecule has 1 saturated carbocycles. The Morgan fingerprint density at radius 2 is 1.94 bits per heavy atom. The Morgan fingerprint density at radius 1 is 1.24 bits per heavy atom. The molecule has 1 fully saturated rings. The third-order valence-corrected chi connectivity index (χ3v) is 5.81. The third-order valence-electron chi connectivity index (χ3n) is 5.81. The smallest absolute Gasteiger partial charge is 0.414 e. The van der Waals surface area contributed by atoms with Crippen LogP contribution in [0, 0.1) is 0 Å². The first-order chi connectivity index (χ1) is 15.3. The van der Waals surface area contributed by atoms with Crippen LogP contribution < -0.4 is 9.80 Å². The summed E-state index contributed by atoms with van der Waals surface area (Å²) in [7, 11) is 0. The molecule has 1 N–H and O–H groups in total. The number of ether oxygens (including phenoxy) is 1. The van der Waals surface area contributed by atoms with Crippen LogP contribution in [0.4, 0.5) is 25.0 Å². The zero-order valence-corrected chi connectivity index (χ0v) is 19.1. The molecule has 0 saturated heterocycles. The molecular formula is C23H28F2N4O4. The van der Waals surface area contributed by atoms with Crippen molar-refractivity contribution in [1.29, 1.82) is 0 Å². The van der Waals surface area contributed by atoms with Crippen LogP contribution in [-0.4, -0.2) is 57.1 Å². The van der Waals surface area contributed by atoms with Gasteiger partial charge in [0, 0.05) is 38.1 Å². The summed E-state index contributed by atoms with van der Waals surface area (Å²) in [5, 5.41) is 14.3. The number of rotatable bonds is 4. The quantitative estimate of drug-likeness (QED) is 0.747. The number of alkyl halides is 2. The zero-order valence-electron chi connectivity index (χ0n) is 19.1. The minimum Gasteiger partial charge on any atom is -0.445 e. The van der Waals surface area contributed by atoms with E-state index in [4.69, 9.17) is 4.74 Å². The molecular weight excluding hydrogens is 434 g/mol. The largest absolute Gasteiger partial charge is 0.445 e. The average Bonchev–Trinajstić information content (AvgIpc) is 3.11. The Bertz CT molecular complexity index is 1070. The summed E-state index contributed by atoms with van der Waals surface area (Å²) in [6.07, 6.45) is 0.958. The minimum absolute atomic E-state index is 0.166. The van der Waals surface area contributed by atoms with Crippen molar-refractivity contribution in [2.75, 3.05) is 16.3 Å². The summed E-state index contributed by atoms with van der Waals surface area (Å²) in [4.78, 5) is 28.2. The molecule has 1 aliphatic carbocycles. The van der Waals surface area contributed by atoms with E-state index in [0.717, 1.165) is 11.1 Å². The van der Waals surface area contributed by atoms with Gasteiger partial charge in [-0.3, -0.25) is 14.4 Å². The Hall–Kier alpha value is -3.01. The van der Waals surface area contributed by atoms with E-state index in [-0.39, 0.29) is 18.5 Å². The molecule has 4 rings (SSSR count). The van der Waals surface area contributed by atoms with E-state index < -0.39 is 36.6 Å². The second kappa shape index (κ2) is 8.09. The molecule has 1 aliphatic heterocycles. The van der Waals surface area contributed by atoms with Gasteiger partial charge in [0.15, 0.2) is 0 Å². The molecule has 1 aromatic heterocycles. The third kappa shape index (κ3) is 4.85. The summed E-state index contributed by atoms with van der Waals surface area (Å²) in [5.74, 6) is -2.96. The fourth-order valence-corrected chi connectivity index (χ4v) is 4.35. The van der Waals surface area contributed by atoms with Crippen molar-refractivity contribution >= 4 is 23.4 Å². The molecule has 0 radical (unpaired) electrons. The first kappa shape index (κ1) is 23.2. The SMILES string of the molecule is CC(=O)N1c2ccc(-c3cnn(CC(C)(C)O)c3)cc2N(C(=O)OC2CC(F)(F)C2)CC1C. The van der Waals surface area contributed by atoms with Gasteiger partial charge in [-0.05, 0) is 38.5 Å². The number of carbonyl (C=O) groups is 2. The summed E-state index contributed by atoms with van der Waals surface area (Å²) >= 11 is 0. The normalized spacial score (nSPS) is 20.3. The Labute approximate surface area is 190 Å². The number of aromatic nitrogens is 2. The topological polar surface area (TPSA) is 87.9 Å². The molecule has 2 aliphatic rings. The molecule has 2 heterocycles. The molecule has 2 amide bonds. The van der Waals surface area contributed by atoms with E-state index in [2.05, 4.69) is 5.10 Å². The number of halogens is 2. The van der Waals surface area contributed by atoms with Crippen LogP contribution in [-0.2, 0) is 16.1 Å². The van der Waals surface area contributed by atoms with Gasteiger partial charge in [-0.25, -0.2) is 13.6 Å². The number of hydrogen-bond donors (Lipinski definition) is 1. The lowest BCUT2D eigenvalue weighted by atomic mass is 9.91. The van der Waals surface area contributed by atoms with Crippen LogP contribution in [0.15, 0.2) is 30.6 Å². The predicted octanol–water partition coefficient (Wildman–Crippen LogP) is 3.82. The van der Waals surface area contributed by atoms with Gasteiger partial charge in [-0.15, -0.1) is 0 Å². The number of fused-ring (bicyclic) bond motifs is 1. The molecule has 10 heteroatoms. The maximum atomic E-state index is 13.2. The highest BCUT2D eigenvalue weighted by Gasteiger charge is 2.48. The predicted molar refractivity (Wildman–Crippen MR) is 118 cm³/mol. The van der Waals surface area contributed by atoms with Crippen LogP contribution in [0.3, 0.4) is 0 Å². The van der Waals surface area contributed by atoms with Crippen molar-refractivity contribution in [2.24, 2.45) is 0 Å². The monoisotopic (exact) mass is 462 g/mol. The van der Waals surface area contributed by atoms with E-state index in [1.54, 1.807) is 48.0 Å². The van der Waals surface area contributed by atoms with Gasteiger partial charge < -0.3 is 14.7 Å². The maximum Gasteiger partial charge on any atom is 0.414 e. The van der Waals surface area contributed by atoms with Crippen LogP contribution in [0.25, 0.3) is 11.1 Å². The number of hydrogen-bond acceptors (Lipinski definition) is 5. The lowest BCUT2D eigenvalue weighted by Gasteiger charge is -2.42. The average molecular weight is 462 g/mol. The molecule has 178 valence electrons. The van der Waals surface area contributed by atoms with E-state index >= 15 is 0 Å². The van der Waals surface area contributed by atoms with E-state index in [1.807, 2.05) is 13.0 Å². The van der Waals surface area contributed by atoms with Crippen molar-refractivity contribution in [3.8, 4) is 11.1 Å². The second-order valence-electron chi connectivity index (χ2n) is 9.56. The molecule has 0 spiro atoms. The number of aliphatic hydroxyl groups is 1. The lowest BCUT2D eigenvalue weighted by Crippen LogP contribution is -2.53. The fraction of sp³-hybridized carbons (Fsp3) is 0.522. The van der Waals surface area contributed by atoms with Crippen molar-refractivity contribution < 1.29 is 28.2 Å². The Balaban J connectivity index is 1.66. The minimum atomic E-state index is -2.79. The first-order valence-corrected chi connectivity index (χ1v) is 10.9. The molecule has 1 atom stereocenters. The van der Waals surface area contributed by atoms with Crippen molar-refractivity contribution in [1.82, 2.24) is 9.78 Å². The van der Waals surface area contributed by atoms with E-state index in [0.29, 0.717) is 17.9 Å². The number of nitrogens with zero attached hydrogens (tertiary/aromatic N) is 4. The van der Waals surface area contributed by atoms with Gasteiger partial charge in [-0.1, -0.05) is 6.07 Å². The van der Waals surface area contributed by atoms with Gasteiger partial charge in [0.05, 0.1) is 35.8 Å². The van der Waals surface area contributed by atoms with Crippen molar-refractivity contribution in [3.63, 3.8) is 0 Å². The second-order valence-corrected chi connectivity index (χ2v) is 9.56. The molecule has 1 aromatic carbocycles. The maximum absolute atomic E-state index is 13.2. The van der Waals surface area contributed by atoms with Crippen LogP contribution in [0.5, 0.6) is 0 Å². The van der Waals surface area contributed by atoms with Crippen LogP contribution in [0.1, 0.15) is 40.5 Å². The van der Waals surface area contributed by atoms with Gasteiger partial charge in [0.2, 0.25) is 5.91 Å².